The molecule has 0 bridgehead atoms. The zero-order chi connectivity index (χ0) is 13.1. The van der Waals surface area contributed by atoms with Crippen molar-refractivity contribution in [3.63, 3.8) is 0 Å². The third-order valence-electron chi connectivity index (χ3n) is 2.80. The van der Waals surface area contributed by atoms with Gasteiger partial charge in [-0.3, -0.25) is 0 Å². The molecular formula is C15H25NO2. The molecule has 2 N–H and O–H groups in total. The van der Waals surface area contributed by atoms with E-state index in [0.717, 1.165) is 18.8 Å². The number of anilines is 1. The fourth-order valence-electron chi connectivity index (χ4n) is 1.73. The average Bonchev–Trinajstić information content (AvgIpc) is 2.39. The maximum Gasteiger partial charge on any atom is 0.142 e. The number of benzene rings is 1. The molecule has 18 heavy (non-hydrogen) atoms. The molecular weight excluding hydrogens is 226 g/mol. The topological polar surface area (TPSA) is 44.5 Å². The van der Waals surface area contributed by atoms with Gasteiger partial charge in [0.2, 0.25) is 0 Å². The van der Waals surface area contributed by atoms with Crippen molar-refractivity contribution in [1.82, 2.24) is 0 Å². The van der Waals surface area contributed by atoms with Crippen LogP contribution in [0.4, 0.5) is 5.69 Å². The summed E-state index contributed by atoms with van der Waals surface area (Å²) in [5, 5.41) is 0. The van der Waals surface area contributed by atoms with Gasteiger partial charge in [0, 0.05) is 6.61 Å². The highest BCUT2D eigenvalue weighted by atomic mass is 16.5. The average molecular weight is 251 g/mol. The van der Waals surface area contributed by atoms with E-state index in [2.05, 4.69) is 6.92 Å². The highest BCUT2D eigenvalue weighted by Crippen LogP contribution is 2.19. The number of ether oxygens (including phenoxy) is 2. The molecule has 0 unspecified atom stereocenters. The zero-order valence-electron chi connectivity index (χ0n) is 11.4. The lowest BCUT2D eigenvalue weighted by Gasteiger charge is -2.08. The maximum absolute atomic E-state index is 5.76. The Balaban J connectivity index is 1.94. The van der Waals surface area contributed by atoms with Crippen LogP contribution in [-0.2, 0) is 4.74 Å². The van der Waals surface area contributed by atoms with Gasteiger partial charge in [-0.1, -0.05) is 44.7 Å². The molecule has 102 valence electrons. The van der Waals surface area contributed by atoms with E-state index >= 15 is 0 Å². The summed E-state index contributed by atoms with van der Waals surface area (Å²) in [6.45, 7) is 4.24. The first-order valence-corrected chi connectivity index (χ1v) is 6.89. The van der Waals surface area contributed by atoms with Crippen LogP contribution >= 0.6 is 0 Å². The van der Waals surface area contributed by atoms with E-state index in [1.165, 1.54) is 25.7 Å². The van der Waals surface area contributed by atoms with Gasteiger partial charge in [0.05, 0.1) is 12.3 Å². The minimum atomic E-state index is 0.559. The molecule has 0 saturated carbocycles. The van der Waals surface area contributed by atoms with E-state index in [0.29, 0.717) is 18.9 Å². The van der Waals surface area contributed by atoms with Crippen LogP contribution in [0, 0.1) is 0 Å². The van der Waals surface area contributed by atoms with E-state index in [1.807, 2.05) is 24.3 Å². The highest BCUT2D eigenvalue weighted by molar-refractivity contribution is 5.51. The van der Waals surface area contributed by atoms with Crippen molar-refractivity contribution >= 4 is 5.69 Å². The molecule has 0 aliphatic carbocycles. The van der Waals surface area contributed by atoms with Crippen molar-refractivity contribution in [2.75, 3.05) is 25.6 Å². The molecule has 3 nitrogen and oxygen atoms in total. The third kappa shape index (κ3) is 6.50. The molecule has 0 spiro atoms. The van der Waals surface area contributed by atoms with E-state index in [-0.39, 0.29) is 0 Å². The minimum Gasteiger partial charge on any atom is -0.489 e. The van der Waals surface area contributed by atoms with Crippen molar-refractivity contribution in [1.29, 1.82) is 0 Å². The van der Waals surface area contributed by atoms with Gasteiger partial charge in [-0.15, -0.1) is 0 Å². The molecule has 0 heterocycles. The molecule has 0 aromatic heterocycles. The number of unbranched alkanes of at least 4 members (excludes halogenated alkanes) is 4. The fourth-order valence-corrected chi connectivity index (χ4v) is 1.73. The van der Waals surface area contributed by atoms with E-state index in [1.54, 1.807) is 0 Å². The van der Waals surface area contributed by atoms with Gasteiger partial charge in [0.15, 0.2) is 0 Å². The number of nitrogens with two attached hydrogens (primary N) is 1. The van der Waals surface area contributed by atoms with Gasteiger partial charge in [-0.05, 0) is 18.6 Å². The Morgan fingerprint density at radius 2 is 1.72 bits per heavy atom. The lowest BCUT2D eigenvalue weighted by atomic mass is 10.2. The van der Waals surface area contributed by atoms with Gasteiger partial charge in [0.25, 0.3) is 0 Å². The molecule has 0 amide bonds. The van der Waals surface area contributed by atoms with Crippen LogP contribution in [-0.4, -0.2) is 19.8 Å². The first-order valence-electron chi connectivity index (χ1n) is 6.89. The number of hydrogen-bond acceptors (Lipinski definition) is 3. The molecule has 1 rings (SSSR count). The van der Waals surface area contributed by atoms with E-state index in [4.69, 9.17) is 15.2 Å². The molecule has 0 fully saturated rings. The van der Waals surface area contributed by atoms with Crippen molar-refractivity contribution < 1.29 is 9.47 Å². The van der Waals surface area contributed by atoms with Crippen molar-refractivity contribution in [2.45, 2.75) is 39.0 Å². The Morgan fingerprint density at radius 1 is 0.944 bits per heavy atom. The summed E-state index contributed by atoms with van der Waals surface area (Å²) >= 11 is 0. The first kappa shape index (κ1) is 14.8. The quantitative estimate of drug-likeness (QED) is 0.510. The van der Waals surface area contributed by atoms with Gasteiger partial charge >= 0.3 is 0 Å². The van der Waals surface area contributed by atoms with Gasteiger partial charge < -0.3 is 15.2 Å². The number of hydrogen-bond donors (Lipinski definition) is 1. The van der Waals surface area contributed by atoms with E-state index < -0.39 is 0 Å². The second-order valence-electron chi connectivity index (χ2n) is 4.41. The Bertz CT molecular complexity index is 315. The third-order valence-corrected chi connectivity index (χ3v) is 2.80. The Hall–Kier alpha value is -1.22. The number of rotatable bonds is 10. The summed E-state index contributed by atoms with van der Waals surface area (Å²) < 4.78 is 11.0. The molecule has 1 aromatic carbocycles. The van der Waals surface area contributed by atoms with Crippen molar-refractivity contribution in [3.05, 3.63) is 24.3 Å². The molecule has 3 heteroatoms. The van der Waals surface area contributed by atoms with Crippen LogP contribution in [0.2, 0.25) is 0 Å². The SMILES string of the molecule is CCCCCCCOCCOc1ccccc1N. The smallest absolute Gasteiger partial charge is 0.142 e. The summed E-state index contributed by atoms with van der Waals surface area (Å²) in [7, 11) is 0. The van der Waals surface area contributed by atoms with Gasteiger partial charge in [-0.2, -0.15) is 0 Å². The standard InChI is InChI=1S/C15H25NO2/c1-2-3-4-5-8-11-17-12-13-18-15-10-7-6-9-14(15)16/h6-7,9-10H,2-5,8,11-13,16H2,1H3. The monoisotopic (exact) mass is 251 g/mol. The summed E-state index contributed by atoms with van der Waals surface area (Å²) in [5.41, 5.74) is 6.44. The summed E-state index contributed by atoms with van der Waals surface area (Å²) in [5.74, 6) is 0.740. The Morgan fingerprint density at radius 3 is 2.50 bits per heavy atom. The predicted molar refractivity (Wildman–Crippen MR) is 75.9 cm³/mol. The zero-order valence-corrected chi connectivity index (χ0v) is 11.4. The molecule has 1 aromatic rings. The summed E-state index contributed by atoms with van der Waals surface area (Å²) in [4.78, 5) is 0. The van der Waals surface area contributed by atoms with Crippen LogP contribution in [0.25, 0.3) is 0 Å². The first-order chi connectivity index (χ1) is 8.84. The van der Waals surface area contributed by atoms with Crippen molar-refractivity contribution in [3.8, 4) is 5.75 Å². The highest BCUT2D eigenvalue weighted by Gasteiger charge is 1.97. The van der Waals surface area contributed by atoms with Crippen LogP contribution in [0.3, 0.4) is 0 Å². The summed E-state index contributed by atoms with van der Waals surface area (Å²) in [6, 6.07) is 7.53. The Labute approximate surface area is 110 Å². The van der Waals surface area contributed by atoms with Crippen LogP contribution in [0.1, 0.15) is 39.0 Å². The van der Waals surface area contributed by atoms with Crippen molar-refractivity contribution in [2.24, 2.45) is 0 Å². The van der Waals surface area contributed by atoms with E-state index in [9.17, 15) is 0 Å². The lowest BCUT2D eigenvalue weighted by Crippen LogP contribution is -2.08. The molecule has 0 atom stereocenters. The van der Waals surface area contributed by atoms with Gasteiger partial charge in [0.1, 0.15) is 12.4 Å². The summed E-state index contributed by atoms with van der Waals surface area (Å²) in [6.07, 6.45) is 6.34. The molecule has 0 aliphatic rings. The number of nitrogen functional groups attached to an aromatic ring is 1. The number of para-hydroxylation sites is 2. The van der Waals surface area contributed by atoms with Crippen LogP contribution in [0.15, 0.2) is 24.3 Å². The second-order valence-corrected chi connectivity index (χ2v) is 4.41. The molecule has 0 radical (unpaired) electrons. The minimum absolute atomic E-state index is 0.559. The second kappa shape index (κ2) is 9.77. The lowest BCUT2D eigenvalue weighted by molar-refractivity contribution is 0.0973. The fraction of sp³-hybridized carbons (Fsp3) is 0.600. The predicted octanol–water partition coefficient (Wildman–Crippen LogP) is 3.63. The largest absolute Gasteiger partial charge is 0.489 e. The maximum atomic E-state index is 5.76. The normalized spacial score (nSPS) is 10.5. The van der Waals surface area contributed by atoms with Crippen LogP contribution < -0.4 is 10.5 Å². The van der Waals surface area contributed by atoms with Gasteiger partial charge in [-0.25, -0.2) is 0 Å². The Kier molecular flexibility index (Phi) is 8.06. The molecule has 0 saturated heterocycles. The molecule has 0 aliphatic heterocycles. The van der Waals surface area contributed by atoms with Crippen LogP contribution in [0.5, 0.6) is 5.75 Å².